The Hall–Kier alpha value is -2.07. The molecule has 20 heavy (non-hydrogen) atoms. The average Bonchev–Trinajstić information content (AvgIpc) is 2.42. The second-order valence-corrected chi connectivity index (χ2v) is 4.73. The monoisotopic (exact) mass is 292 g/mol. The highest BCUT2D eigenvalue weighted by Crippen LogP contribution is 2.22. The number of benzene rings is 2. The molecular formula is C15H14ClFN2O. The third-order valence-corrected chi connectivity index (χ3v) is 3.23. The summed E-state index contributed by atoms with van der Waals surface area (Å²) in [5.74, 6) is -0.569. The van der Waals surface area contributed by atoms with E-state index < -0.39 is 0 Å². The van der Waals surface area contributed by atoms with Crippen LogP contribution in [0.2, 0.25) is 5.02 Å². The van der Waals surface area contributed by atoms with Gasteiger partial charge in [-0.2, -0.15) is 0 Å². The van der Waals surface area contributed by atoms with E-state index in [0.717, 1.165) is 5.56 Å². The summed E-state index contributed by atoms with van der Waals surface area (Å²) >= 11 is 5.98. The minimum Gasteiger partial charge on any atom is -0.376 e. The molecule has 2 aromatic carbocycles. The van der Waals surface area contributed by atoms with Crippen molar-refractivity contribution in [1.29, 1.82) is 0 Å². The van der Waals surface area contributed by atoms with E-state index in [9.17, 15) is 9.18 Å². The number of amides is 1. The number of hydrogen-bond acceptors (Lipinski definition) is 2. The van der Waals surface area contributed by atoms with E-state index in [1.807, 2.05) is 6.92 Å². The normalized spacial score (nSPS) is 10.2. The maximum absolute atomic E-state index is 13.0. The van der Waals surface area contributed by atoms with Gasteiger partial charge in [-0.05, 0) is 42.8 Å². The van der Waals surface area contributed by atoms with Gasteiger partial charge in [0.15, 0.2) is 0 Å². The molecule has 0 atom stereocenters. The quantitative estimate of drug-likeness (QED) is 0.899. The molecular weight excluding hydrogens is 279 g/mol. The van der Waals surface area contributed by atoms with Gasteiger partial charge in [0.1, 0.15) is 5.82 Å². The summed E-state index contributed by atoms with van der Waals surface area (Å²) in [7, 11) is 0. The number of rotatable bonds is 4. The minimum absolute atomic E-state index is 0.0510. The predicted molar refractivity (Wildman–Crippen MR) is 79.7 cm³/mol. The predicted octanol–water partition coefficient (Wildman–Crippen LogP) is 3.84. The van der Waals surface area contributed by atoms with Gasteiger partial charge in [0.25, 0.3) is 0 Å². The summed E-state index contributed by atoms with van der Waals surface area (Å²) < 4.78 is 13.0. The van der Waals surface area contributed by atoms with Gasteiger partial charge in [0, 0.05) is 16.4 Å². The van der Waals surface area contributed by atoms with Crippen molar-refractivity contribution in [3.63, 3.8) is 0 Å². The molecule has 0 bridgehead atoms. The molecule has 2 N–H and O–H groups in total. The molecule has 0 unspecified atom stereocenters. The van der Waals surface area contributed by atoms with Gasteiger partial charge in [-0.3, -0.25) is 4.79 Å². The largest absolute Gasteiger partial charge is 0.376 e. The molecule has 1 amide bonds. The molecule has 0 aliphatic carbocycles. The number of halogens is 2. The molecule has 0 aliphatic heterocycles. The van der Waals surface area contributed by atoms with E-state index in [-0.39, 0.29) is 18.3 Å². The fourth-order valence-corrected chi connectivity index (χ4v) is 1.89. The van der Waals surface area contributed by atoms with Gasteiger partial charge in [-0.25, -0.2) is 4.39 Å². The molecule has 0 aliphatic rings. The van der Waals surface area contributed by atoms with Crippen molar-refractivity contribution in [3.05, 3.63) is 58.9 Å². The molecule has 5 heteroatoms. The zero-order valence-electron chi connectivity index (χ0n) is 10.9. The number of hydrogen-bond donors (Lipinski definition) is 2. The number of carbonyl (C=O) groups excluding carboxylic acids is 1. The molecule has 0 spiro atoms. The van der Waals surface area contributed by atoms with Gasteiger partial charge < -0.3 is 10.6 Å². The van der Waals surface area contributed by atoms with Crippen molar-refractivity contribution in [1.82, 2.24) is 0 Å². The molecule has 2 aromatic rings. The van der Waals surface area contributed by atoms with Gasteiger partial charge in [0.05, 0.1) is 6.54 Å². The Morgan fingerprint density at radius 1 is 1.25 bits per heavy atom. The smallest absolute Gasteiger partial charge is 0.243 e. The van der Waals surface area contributed by atoms with E-state index >= 15 is 0 Å². The SMILES string of the molecule is Cc1c(Cl)cccc1NC(=O)CNc1cccc(F)c1. The molecule has 0 heterocycles. The lowest BCUT2D eigenvalue weighted by atomic mass is 10.2. The van der Waals surface area contributed by atoms with Crippen molar-refractivity contribution < 1.29 is 9.18 Å². The summed E-state index contributed by atoms with van der Waals surface area (Å²) in [6, 6.07) is 11.3. The van der Waals surface area contributed by atoms with Crippen LogP contribution in [0.3, 0.4) is 0 Å². The Morgan fingerprint density at radius 2 is 2.00 bits per heavy atom. The molecule has 0 saturated heterocycles. The Morgan fingerprint density at radius 3 is 2.75 bits per heavy atom. The number of anilines is 2. The first-order chi connectivity index (χ1) is 9.56. The number of nitrogens with one attached hydrogen (secondary N) is 2. The van der Waals surface area contributed by atoms with Crippen LogP contribution >= 0.6 is 11.6 Å². The topological polar surface area (TPSA) is 41.1 Å². The van der Waals surface area contributed by atoms with Crippen molar-refractivity contribution in [2.45, 2.75) is 6.92 Å². The van der Waals surface area contributed by atoms with Crippen molar-refractivity contribution >= 4 is 28.9 Å². The lowest BCUT2D eigenvalue weighted by Gasteiger charge is -2.10. The lowest BCUT2D eigenvalue weighted by Crippen LogP contribution is -2.22. The van der Waals surface area contributed by atoms with E-state index in [2.05, 4.69) is 10.6 Å². The summed E-state index contributed by atoms with van der Waals surface area (Å²) in [6.45, 7) is 1.88. The Kier molecular flexibility index (Phi) is 4.58. The molecule has 3 nitrogen and oxygen atoms in total. The zero-order valence-corrected chi connectivity index (χ0v) is 11.7. The highest BCUT2D eigenvalue weighted by molar-refractivity contribution is 6.31. The van der Waals surface area contributed by atoms with E-state index in [1.54, 1.807) is 30.3 Å². The van der Waals surface area contributed by atoms with Gasteiger partial charge in [-0.15, -0.1) is 0 Å². The third kappa shape index (κ3) is 3.71. The summed E-state index contributed by atoms with van der Waals surface area (Å²) in [6.07, 6.45) is 0. The molecule has 0 saturated carbocycles. The van der Waals surface area contributed by atoms with Crippen molar-refractivity contribution in [2.24, 2.45) is 0 Å². The lowest BCUT2D eigenvalue weighted by molar-refractivity contribution is -0.114. The van der Waals surface area contributed by atoms with Crippen molar-refractivity contribution in [3.8, 4) is 0 Å². The van der Waals surface area contributed by atoms with E-state index in [4.69, 9.17) is 11.6 Å². The van der Waals surface area contributed by atoms with Crippen LogP contribution < -0.4 is 10.6 Å². The maximum Gasteiger partial charge on any atom is 0.243 e. The third-order valence-electron chi connectivity index (χ3n) is 2.82. The number of carbonyl (C=O) groups is 1. The summed E-state index contributed by atoms with van der Waals surface area (Å²) in [4.78, 5) is 11.8. The van der Waals surface area contributed by atoms with Crippen LogP contribution in [-0.4, -0.2) is 12.5 Å². The second-order valence-electron chi connectivity index (χ2n) is 4.32. The van der Waals surface area contributed by atoms with Crippen LogP contribution in [0, 0.1) is 12.7 Å². The molecule has 104 valence electrons. The van der Waals surface area contributed by atoms with Gasteiger partial charge in [-0.1, -0.05) is 23.7 Å². The van der Waals surface area contributed by atoms with Gasteiger partial charge in [0.2, 0.25) is 5.91 Å². The zero-order chi connectivity index (χ0) is 14.5. The fourth-order valence-electron chi connectivity index (χ4n) is 1.72. The first-order valence-corrected chi connectivity index (χ1v) is 6.48. The molecule has 0 fully saturated rings. The van der Waals surface area contributed by atoms with Crippen LogP contribution in [0.15, 0.2) is 42.5 Å². The van der Waals surface area contributed by atoms with E-state index in [0.29, 0.717) is 16.4 Å². The van der Waals surface area contributed by atoms with Crippen LogP contribution in [0.25, 0.3) is 0 Å². The fraction of sp³-hybridized carbons (Fsp3) is 0.133. The second kappa shape index (κ2) is 6.39. The average molecular weight is 293 g/mol. The van der Waals surface area contributed by atoms with Crippen LogP contribution in [0.5, 0.6) is 0 Å². The first kappa shape index (κ1) is 14.3. The maximum atomic E-state index is 13.0. The van der Waals surface area contributed by atoms with E-state index in [1.165, 1.54) is 12.1 Å². The Bertz CT molecular complexity index is 631. The molecule has 0 aromatic heterocycles. The molecule has 2 rings (SSSR count). The van der Waals surface area contributed by atoms with Crippen LogP contribution in [0.1, 0.15) is 5.56 Å². The summed E-state index contributed by atoms with van der Waals surface area (Å²) in [5, 5.41) is 6.21. The van der Waals surface area contributed by atoms with Crippen LogP contribution in [0.4, 0.5) is 15.8 Å². The Labute approximate surface area is 121 Å². The molecule has 0 radical (unpaired) electrons. The summed E-state index contributed by atoms with van der Waals surface area (Å²) in [5.41, 5.74) is 2.04. The van der Waals surface area contributed by atoms with Gasteiger partial charge >= 0.3 is 0 Å². The highest BCUT2D eigenvalue weighted by Gasteiger charge is 2.06. The minimum atomic E-state index is -0.346. The standard InChI is InChI=1S/C15H14ClFN2O/c1-10-13(16)6-3-7-14(10)19-15(20)9-18-12-5-2-4-11(17)8-12/h2-8,18H,9H2,1H3,(H,19,20). The Balaban J connectivity index is 1.94. The van der Waals surface area contributed by atoms with Crippen molar-refractivity contribution in [2.75, 3.05) is 17.2 Å². The first-order valence-electron chi connectivity index (χ1n) is 6.10. The van der Waals surface area contributed by atoms with Crippen LogP contribution in [-0.2, 0) is 4.79 Å². The highest BCUT2D eigenvalue weighted by atomic mass is 35.5.